The zero-order chi connectivity index (χ0) is 11.4. The molecule has 1 aromatic carbocycles. The van der Waals surface area contributed by atoms with E-state index in [2.05, 4.69) is 53.9 Å². The van der Waals surface area contributed by atoms with Gasteiger partial charge in [-0.1, -0.05) is 0 Å². The van der Waals surface area contributed by atoms with Crippen LogP contribution in [0.2, 0.25) is 0 Å². The first-order chi connectivity index (χ1) is 8.34. The molecule has 0 saturated heterocycles. The van der Waals surface area contributed by atoms with Crippen LogP contribution in [0.25, 0.3) is 25.2 Å². The van der Waals surface area contributed by atoms with Gasteiger partial charge in [0, 0.05) is 0 Å². The van der Waals surface area contributed by atoms with Crippen LogP contribution in [0, 0.1) is 6.92 Å². The average molecular weight is 285 g/mol. The van der Waals surface area contributed by atoms with Crippen molar-refractivity contribution in [1.29, 1.82) is 0 Å². The van der Waals surface area contributed by atoms with Crippen molar-refractivity contribution in [3.8, 4) is 0 Å². The summed E-state index contributed by atoms with van der Waals surface area (Å²) in [6.45, 7) is 2.12. The molecule has 0 radical (unpaired) electrons. The number of nitrogens with zero attached hydrogens (tertiary/aromatic N) is 2. The van der Waals surface area contributed by atoms with Crippen LogP contribution in [0.4, 0.5) is 0 Å². The number of fused-ring (bicyclic) bond motifs is 5. The molecule has 0 amide bonds. The summed E-state index contributed by atoms with van der Waals surface area (Å²) in [7, 11) is 0. The molecule has 0 fully saturated rings. The van der Waals surface area contributed by atoms with Crippen molar-refractivity contribution >= 4 is 39.7 Å². The summed E-state index contributed by atoms with van der Waals surface area (Å²) in [6, 6.07) is 12.8. The summed E-state index contributed by atoms with van der Waals surface area (Å²) >= 11 is 0.388. The van der Waals surface area contributed by atoms with Crippen molar-refractivity contribution in [2.45, 2.75) is 6.92 Å². The molecular weight excluding hydrogens is 275 g/mol. The van der Waals surface area contributed by atoms with Crippen molar-refractivity contribution in [2.75, 3.05) is 0 Å². The predicted molar refractivity (Wildman–Crippen MR) is 71.9 cm³/mol. The number of rotatable bonds is 0. The first-order valence-corrected chi connectivity index (χ1v) is 7.31. The van der Waals surface area contributed by atoms with Gasteiger partial charge in [0.2, 0.25) is 0 Å². The molecule has 3 heterocycles. The van der Waals surface area contributed by atoms with Crippen LogP contribution in [-0.4, -0.2) is 23.9 Å². The molecule has 4 rings (SSSR count). The first-order valence-electron chi connectivity index (χ1n) is 5.59. The summed E-state index contributed by atoms with van der Waals surface area (Å²) in [4.78, 5) is 4.81. The minimum atomic E-state index is 0.388. The molecule has 3 heteroatoms. The van der Waals surface area contributed by atoms with Crippen molar-refractivity contribution in [2.24, 2.45) is 0 Å². The average Bonchev–Trinajstić information content (AvgIpc) is 2.87. The zero-order valence-corrected chi connectivity index (χ0v) is 11.1. The molecule has 17 heavy (non-hydrogen) atoms. The van der Waals surface area contributed by atoms with Gasteiger partial charge in [-0.3, -0.25) is 0 Å². The monoisotopic (exact) mass is 286 g/mol. The Hall–Kier alpha value is -1.57. The van der Waals surface area contributed by atoms with Crippen LogP contribution in [-0.2, 0) is 0 Å². The van der Waals surface area contributed by atoms with Gasteiger partial charge in [-0.2, -0.15) is 0 Å². The third kappa shape index (κ3) is 1.18. The van der Waals surface area contributed by atoms with E-state index in [0.29, 0.717) is 14.5 Å². The molecule has 0 atom stereocenters. The molecule has 0 N–H and O–H groups in total. The van der Waals surface area contributed by atoms with Crippen molar-refractivity contribution in [3.05, 3.63) is 48.2 Å². The van der Waals surface area contributed by atoms with Gasteiger partial charge in [0.15, 0.2) is 0 Å². The van der Waals surface area contributed by atoms with Crippen LogP contribution in [0.3, 0.4) is 0 Å². The fourth-order valence-corrected chi connectivity index (χ4v) is 4.68. The van der Waals surface area contributed by atoms with Gasteiger partial charge in [0.05, 0.1) is 0 Å². The van der Waals surface area contributed by atoms with Gasteiger partial charge in [-0.05, 0) is 0 Å². The number of imidazole rings is 1. The van der Waals surface area contributed by atoms with E-state index < -0.39 is 0 Å². The number of pyridine rings is 1. The predicted octanol–water partition coefficient (Wildman–Crippen LogP) is 3.01. The Morgan fingerprint density at radius 3 is 2.94 bits per heavy atom. The zero-order valence-electron chi connectivity index (χ0n) is 9.34. The summed E-state index contributed by atoms with van der Waals surface area (Å²) in [5.41, 5.74) is 3.54. The van der Waals surface area contributed by atoms with E-state index in [1.807, 2.05) is 0 Å². The molecule has 0 unspecified atom stereocenters. The van der Waals surface area contributed by atoms with Gasteiger partial charge < -0.3 is 0 Å². The molecule has 82 valence electrons. The van der Waals surface area contributed by atoms with E-state index in [4.69, 9.17) is 4.98 Å². The number of hydrogen-bond acceptors (Lipinski definition) is 1. The van der Waals surface area contributed by atoms with Gasteiger partial charge in [-0.25, -0.2) is 0 Å². The SMILES string of the molecule is Cc1cccn2c1nc1c3ccccc3[se]c12. The van der Waals surface area contributed by atoms with Gasteiger partial charge in [0.25, 0.3) is 0 Å². The molecular formula is C14H10N2Se. The summed E-state index contributed by atoms with van der Waals surface area (Å²) in [5.74, 6) is 0. The molecule has 0 spiro atoms. The Morgan fingerprint density at radius 2 is 2.00 bits per heavy atom. The normalized spacial score (nSPS) is 11.8. The topological polar surface area (TPSA) is 17.3 Å². The van der Waals surface area contributed by atoms with Gasteiger partial charge in [-0.15, -0.1) is 0 Å². The van der Waals surface area contributed by atoms with Crippen molar-refractivity contribution < 1.29 is 0 Å². The van der Waals surface area contributed by atoms with E-state index in [1.165, 1.54) is 25.1 Å². The Morgan fingerprint density at radius 1 is 1.12 bits per heavy atom. The molecule has 0 saturated carbocycles. The maximum absolute atomic E-state index is 4.81. The first kappa shape index (κ1) is 9.46. The molecule has 0 aliphatic rings. The summed E-state index contributed by atoms with van der Waals surface area (Å²) in [6.07, 6.45) is 2.13. The second-order valence-electron chi connectivity index (χ2n) is 4.25. The molecule has 4 aromatic rings. The molecule has 0 aliphatic heterocycles. The van der Waals surface area contributed by atoms with E-state index in [0.717, 1.165) is 5.65 Å². The van der Waals surface area contributed by atoms with Crippen molar-refractivity contribution in [3.63, 3.8) is 0 Å². The number of hydrogen-bond donors (Lipinski definition) is 0. The van der Waals surface area contributed by atoms with Gasteiger partial charge in [0.1, 0.15) is 0 Å². The van der Waals surface area contributed by atoms with E-state index >= 15 is 0 Å². The summed E-state index contributed by atoms with van der Waals surface area (Å²) < 4.78 is 5.09. The maximum atomic E-state index is 4.81. The third-order valence-corrected chi connectivity index (χ3v) is 5.58. The van der Waals surface area contributed by atoms with Crippen LogP contribution in [0.1, 0.15) is 5.56 Å². The number of aryl methyl sites for hydroxylation is 1. The Balaban J connectivity index is 2.33. The second kappa shape index (κ2) is 3.22. The van der Waals surface area contributed by atoms with E-state index in [-0.39, 0.29) is 0 Å². The standard InChI is InChI=1S/C14H10N2Se/c1-9-5-4-8-16-13(9)15-12-10-6-2-3-7-11(10)17-14(12)16/h2-8H,1H3. The quantitative estimate of drug-likeness (QED) is 0.454. The Labute approximate surface area is 104 Å². The minimum absolute atomic E-state index is 0.388. The van der Waals surface area contributed by atoms with E-state index in [1.54, 1.807) is 0 Å². The Kier molecular flexibility index (Phi) is 1.79. The second-order valence-corrected chi connectivity index (χ2v) is 6.41. The molecule has 2 nitrogen and oxygen atoms in total. The molecule has 0 bridgehead atoms. The summed E-state index contributed by atoms with van der Waals surface area (Å²) in [5, 5.41) is 1.32. The number of benzene rings is 1. The fraction of sp³-hybridized carbons (Fsp3) is 0.0714. The fourth-order valence-electron chi connectivity index (χ4n) is 2.31. The third-order valence-electron chi connectivity index (χ3n) is 3.15. The van der Waals surface area contributed by atoms with Crippen LogP contribution < -0.4 is 0 Å². The van der Waals surface area contributed by atoms with Gasteiger partial charge >= 0.3 is 104 Å². The number of aromatic nitrogens is 2. The molecule has 3 aromatic heterocycles. The van der Waals surface area contributed by atoms with Crippen LogP contribution in [0.15, 0.2) is 42.6 Å². The Bertz CT molecular complexity index is 854. The van der Waals surface area contributed by atoms with E-state index in [9.17, 15) is 0 Å². The van der Waals surface area contributed by atoms with Crippen molar-refractivity contribution in [1.82, 2.24) is 9.38 Å². The molecule has 0 aliphatic carbocycles. The van der Waals surface area contributed by atoms with Crippen LogP contribution in [0.5, 0.6) is 0 Å². The van der Waals surface area contributed by atoms with Crippen LogP contribution >= 0.6 is 0 Å².